The molecule has 0 aliphatic carbocycles. The monoisotopic (exact) mass is 284 g/mol. The van der Waals surface area contributed by atoms with Gasteiger partial charge in [0.2, 0.25) is 5.89 Å². The Bertz CT molecular complexity index is 752. The number of aromatic nitrogens is 1. The van der Waals surface area contributed by atoms with Crippen molar-refractivity contribution >= 4 is 16.8 Å². The molecule has 0 aliphatic rings. The van der Waals surface area contributed by atoms with Crippen LogP contribution < -0.4 is 10.5 Å². The van der Waals surface area contributed by atoms with Crippen LogP contribution in [0, 0.1) is 0 Å². The van der Waals surface area contributed by atoms with Crippen molar-refractivity contribution in [3.8, 4) is 5.75 Å². The van der Waals surface area contributed by atoms with Crippen LogP contribution in [-0.2, 0) is 18.0 Å². The number of ether oxygens (including phenoxy) is 2. The van der Waals surface area contributed by atoms with Crippen LogP contribution in [0.25, 0.3) is 11.1 Å². The van der Waals surface area contributed by atoms with Crippen LogP contribution in [0.5, 0.6) is 5.75 Å². The predicted octanol–water partition coefficient (Wildman–Crippen LogP) is 3.14. The molecule has 3 rings (SSSR count). The highest BCUT2D eigenvalue weighted by atomic mass is 16.5. The van der Waals surface area contributed by atoms with Gasteiger partial charge in [0.1, 0.15) is 17.9 Å². The van der Waals surface area contributed by atoms with E-state index >= 15 is 0 Å². The summed E-state index contributed by atoms with van der Waals surface area (Å²) in [5.74, 6) is 1.33. The molecule has 1 aromatic heterocycles. The lowest BCUT2D eigenvalue weighted by molar-refractivity contribution is 0.0905. The number of benzene rings is 2. The molecule has 0 radical (unpaired) electrons. The average molecular weight is 284 g/mol. The molecule has 2 aromatic carbocycles. The molecule has 0 aliphatic heterocycles. The molecule has 1 heterocycles. The van der Waals surface area contributed by atoms with Gasteiger partial charge in [0, 0.05) is 0 Å². The van der Waals surface area contributed by atoms with E-state index in [2.05, 4.69) is 4.98 Å². The Morgan fingerprint density at radius 2 is 2.00 bits per heavy atom. The highest BCUT2D eigenvalue weighted by Crippen LogP contribution is 2.21. The van der Waals surface area contributed by atoms with E-state index in [0.29, 0.717) is 35.9 Å². The second-order valence-corrected chi connectivity index (χ2v) is 4.65. The van der Waals surface area contributed by atoms with Crippen molar-refractivity contribution in [2.75, 3.05) is 12.8 Å². The van der Waals surface area contributed by atoms with Crippen LogP contribution in [0.4, 0.5) is 5.69 Å². The molecule has 0 saturated heterocycles. The van der Waals surface area contributed by atoms with Gasteiger partial charge in [-0.15, -0.1) is 0 Å². The van der Waals surface area contributed by atoms with Gasteiger partial charge in [-0.3, -0.25) is 0 Å². The largest absolute Gasteiger partial charge is 0.497 e. The molecule has 0 unspecified atom stereocenters. The fourth-order valence-corrected chi connectivity index (χ4v) is 2.10. The van der Waals surface area contributed by atoms with E-state index in [9.17, 15) is 0 Å². The van der Waals surface area contributed by atoms with E-state index in [1.165, 1.54) is 0 Å². The van der Waals surface area contributed by atoms with Crippen molar-refractivity contribution in [3.63, 3.8) is 0 Å². The summed E-state index contributed by atoms with van der Waals surface area (Å²) in [7, 11) is 1.64. The van der Waals surface area contributed by atoms with E-state index in [-0.39, 0.29) is 0 Å². The third kappa shape index (κ3) is 2.98. The first-order chi connectivity index (χ1) is 10.3. The molecular formula is C16H16N2O3. The lowest BCUT2D eigenvalue weighted by Gasteiger charge is -2.04. The first kappa shape index (κ1) is 13.5. The van der Waals surface area contributed by atoms with Crippen molar-refractivity contribution in [3.05, 3.63) is 53.9 Å². The standard InChI is InChI=1S/C16H16N2O3/c1-19-12-5-2-4-11(8-12)9-20-10-15-18-16-13(17)6-3-7-14(16)21-15/h2-8H,9-10,17H2,1H3. The van der Waals surface area contributed by atoms with E-state index in [1.54, 1.807) is 13.2 Å². The zero-order valence-corrected chi connectivity index (χ0v) is 11.7. The smallest absolute Gasteiger partial charge is 0.221 e. The second-order valence-electron chi connectivity index (χ2n) is 4.65. The molecule has 2 N–H and O–H groups in total. The summed E-state index contributed by atoms with van der Waals surface area (Å²) >= 11 is 0. The first-order valence-electron chi connectivity index (χ1n) is 6.61. The number of hydrogen-bond acceptors (Lipinski definition) is 5. The van der Waals surface area contributed by atoms with Crippen molar-refractivity contribution < 1.29 is 13.9 Å². The Morgan fingerprint density at radius 1 is 1.14 bits per heavy atom. The normalized spacial score (nSPS) is 10.9. The number of anilines is 1. The van der Waals surface area contributed by atoms with Gasteiger partial charge >= 0.3 is 0 Å². The number of fused-ring (bicyclic) bond motifs is 1. The van der Waals surface area contributed by atoms with E-state index in [4.69, 9.17) is 19.6 Å². The Morgan fingerprint density at radius 3 is 2.81 bits per heavy atom. The van der Waals surface area contributed by atoms with Gasteiger partial charge in [-0.25, -0.2) is 4.98 Å². The SMILES string of the molecule is COc1cccc(COCc2nc3c(N)cccc3o2)c1. The Labute approximate surface area is 122 Å². The Hall–Kier alpha value is -2.53. The summed E-state index contributed by atoms with van der Waals surface area (Å²) in [5.41, 5.74) is 8.84. The fourth-order valence-electron chi connectivity index (χ4n) is 2.10. The topological polar surface area (TPSA) is 70.5 Å². The molecule has 0 amide bonds. The lowest BCUT2D eigenvalue weighted by atomic mass is 10.2. The fraction of sp³-hybridized carbons (Fsp3) is 0.188. The summed E-state index contributed by atoms with van der Waals surface area (Å²) < 4.78 is 16.4. The molecule has 0 spiro atoms. The van der Waals surface area contributed by atoms with Crippen LogP contribution in [0.15, 0.2) is 46.9 Å². The summed E-state index contributed by atoms with van der Waals surface area (Å²) in [5, 5.41) is 0. The van der Waals surface area contributed by atoms with Gasteiger partial charge in [-0.05, 0) is 29.8 Å². The third-order valence-corrected chi connectivity index (χ3v) is 3.12. The van der Waals surface area contributed by atoms with Crippen LogP contribution in [0.1, 0.15) is 11.5 Å². The second kappa shape index (κ2) is 5.85. The van der Waals surface area contributed by atoms with Gasteiger partial charge < -0.3 is 19.6 Å². The molecule has 0 atom stereocenters. The van der Waals surface area contributed by atoms with Gasteiger partial charge in [0.05, 0.1) is 19.4 Å². The minimum Gasteiger partial charge on any atom is -0.497 e. The first-order valence-corrected chi connectivity index (χ1v) is 6.61. The molecule has 0 fully saturated rings. The lowest BCUT2D eigenvalue weighted by Crippen LogP contribution is -1.95. The maximum atomic E-state index is 5.84. The Kier molecular flexibility index (Phi) is 3.75. The van der Waals surface area contributed by atoms with Crippen LogP contribution in [0.2, 0.25) is 0 Å². The molecule has 5 nitrogen and oxygen atoms in total. The van der Waals surface area contributed by atoms with E-state index in [0.717, 1.165) is 11.3 Å². The molecule has 21 heavy (non-hydrogen) atoms. The maximum absolute atomic E-state index is 5.84. The molecule has 3 aromatic rings. The third-order valence-electron chi connectivity index (χ3n) is 3.12. The van der Waals surface area contributed by atoms with Gasteiger partial charge in [0.25, 0.3) is 0 Å². The van der Waals surface area contributed by atoms with Crippen LogP contribution in [0.3, 0.4) is 0 Å². The number of methoxy groups -OCH3 is 1. The summed E-state index contributed by atoms with van der Waals surface area (Å²) in [6, 6.07) is 13.2. The average Bonchev–Trinajstić information content (AvgIpc) is 2.92. The van der Waals surface area contributed by atoms with Crippen molar-refractivity contribution in [1.29, 1.82) is 0 Å². The summed E-state index contributed by atoms with van der Waals surface area (Å²) in [6.07, 6.45) is 0. The van der Waals surface area contributed by atoms with Gasteiger partial charge in [-0.2, -0.15) is 0 Å². The number of nitrogens with zero attached hydrogens (tertiary/aromatic N) is 1. The highest BCUT2D eigenvalue weighted by Gasteiger charge is 2.08. The van der Waals surface area contributed by atoms with Crippen molar-refractivity contribution in [2.45, 2.75) is 13.2 Å². The molecule has 108 valence electrons. The van der Waals surface area contributed by atoms with Crippen molar-refractivity contribution in [2.24, 2.45) is 0 Å². The van der Waals surface area contributed by atoms with Gasteiger partial charge in [0.15, 0.2) is 5.58 Å². The summed E-state index contributed by atoms with van der Waals surface area (Å²) in [4.78, 5) is 4.34. The maximum Gasteiger partial charge on any atom is 0.221 e. The number of rotatable bonds is 5. The minimum absolute atomic E-state index is 0.297. The number of hydrogen-bond donors (Lipinski definition) is 1. The van der Waals surface area contributed by atoms with Crippen LogP contribution in [-0.4, -0.2) is 12.1 Å². The van der Waals surface area contributed by atoms with E-state index in [1.807, 2.05) is 36.4 Å². The molecular weight excluding hydrogens is 268 g/mol. The molecule has 0 bridgehead atoms. The minimum atomic E-state index is 0.297. The number of para-hydroxylation sites is 1. The number of nitrogen functional groups attached to an aromatic ring is 1. The molecule has 0 saturated carbocycles. The molecule has 5 heteroatoms. The Balaban J connectivity index is 1.65. The number of nitrogens with two attached hydrogens (primary N) is 1. The van der Waals surface area contributed by atoms with E-state index < -0.39 is 0 Å². The zero-order chi connectivity index (χ0) is 14.7. The van der Waals surface area contributed by atoms with Crippen LogP contribution >= 0.6 is 0 Å². The van der Waals surface area contributed by atoms with Gasteiger partial charge in [-0.1, -0.05) is 18.2 Å². The quantitative estimate of drug-likeness (QED) is 0.729. The summed E-state index contributed by atoms with van der Waals surface area (Å²) in [6.45, 7) is 0.761. The van der Waals surface area contributed by atoms with Crippen molar-refractivity contribution in [1.82, 2.24) is 4.98 Å². The number of oxazole rings is 1. The highest BCUT2D eigenvalue weighted by molar-refractivity contribution is 5.85. The predicted molar refractivity (Wildman–Crippen MR) is 79.9 cm³/mol. The zero-order valence-electron chi connectivity index (χ0n) is 11.7.